The van der Waals surface area contributed by atoms with Gasteiger partial charge in [0.25, 0.3) is 0 Å². The Balaban J connectivity index is 3.06. The summed E-state index contributed by atoms with van der Waals surface area (Å²) in [4.78, 5) is 10.5. The zero-order chi connectivity index (χ0) is 14.6. The van der Waals surface area contributed by atoms with Gasteiger partial charge in [0.2, 0.25) is 10.0 Å². The van der Waals surface area contributed by atoms with Crippen LogP contribution < -0.4 is 4.72 Å². The summed E-state index contributed by atoms with van der Waals surface area (Å²) in [6.07, 6.45) is -0.133. The van der Waals surface area contributed by atoms with Crippen LogP contribution in [0.15, 0.2) is 4.90 Å². The molecule has 0 saturated carbocycles. The smallest absolute Gasteiger partial charge is 0.305 e. The maximum atomic E-state index is 12.0. The van der Waals surface area contributed by atoms with Crippen LogP contribution in [-0.4, -0.2) is 47.5 Å². The third kappa shape index (κ3) is 3.75. The summed E-state index contributed by atoms with van der Waals surface area (Å²) >= 11 is 0. The number of carboxylic acid groups (broad SMARTS) is 1. The van der Waals surface area contributed by atoms with E-state index in [0.717, 1.165) is 0 Å². The fourth-order valence-electron chi connectivity index (χ4n) is 1.74. The lowest BCUT2D eigenvalue weighted by molar-refractivity contribution is -0.137. The van der Waals surface area contributed by atoms with E-state index in [1.54, 1.807) is 6.92 Å². The summed E-state index contributed by atoms with van der Waals surface area (Å²) in [5.41, 5.74) is 0.678. The standard InChI is InChI=1S/C10H17N3O5S/c1-7-10(19(17,18)11-4-6-14)8(2)13(12-7)5-3-9(15)16/h11,14H,3-6H2,1-2H3,(H,15,16). The number of aryl methyl sites for hydroxylation is 2. The van der Waals surface area contributed by atoms with Crippen LogP contribution in [0.4, 0.5) is 0 Å². The average molecular weight is 291 g/mol. The van der Waals surface area contributed by atoms with Gasteiger partial charge >= 0.3 is 5.97 Å². The molecule has 0 aliphatic heterocycles. The predicted octanol–water partition coefficient (Wildman–Crippen LogP) is -0.755. The van der Waals surface area contributed by atoms with Gasteiger partial charge in [0.15, 0.2) is 0 Å². The van der Waals surface area contributed by atoms with Crippen molar-refractivity contribution in [1.29, 1.82) is 0 Å². The van der Waals surface area contributed by atoms with E-state index in [0.29, 0.717) is 11.4 Å². The van der Waals surface area contributed by atoms with Gasteiger partial charge in [-0.25, -0.2) is 13.1 Å². The monoisotopic (exact) mass is 291 g/mol. The largest absolute Gasteiger partial charge is 0.481 e. The second-order valence-electron chi connectivity index (χ2n) is 3.99. The first-order chi connectivity index (χ1) is 8.79. The van der Waals surface area contributed by atoms with Crippen LogP contribution in [-0.2, 0) is 21.4 Å². The van der Waals surface area contributed by atoms with Crippen molar-refractivity contribution in [2.75, 3.05) is 13.2 Å². The maximum Gasteiger partial charge on any atom is 0.305 e. The minimum Gasteiger partial charge on any atom is -0.481 e. The lowest BCUT2D eigenvalue weighted by Gasteiger charge is -2.06. The first-order valence-electron chi connectivity index (χ1n) is 5.66. The molecule has 9 heteroatoms. The van der Waals surface area contributed by atoms with Crippen molar-refractivity contribution in [1.82, 2.24) is 14.5 Å². The van der Waals surface area contributed by atoms with Crippen LogP contribution >= 0.6 is 0 Å². The van der Waals surface area contributed by atoms with E-state index in [1.165, 1.54) is 11.6 Å². The van der Waals surface area contributed by atoms with Gasteiger partial charge in [-0.05, 0) is 13.8 Å². The number of aliphatic hydroxyl groups is 1. The van der Waals surface area contributed by atoms with E-state index in [9.17, 15) is 13.2 Å². The van der Waals surface area contributed by atoms with Gasteiger partial charge in [-0.3, -0.25) is 9.48 Å². The van der Waals surface area contributed by atoms with Gasteiger partial charge in [0, 0.05) is 6.54 Å². The molecule has 0 fully saturated rings. The molecule has 3 N–H and O–H groups in total. The molecule has 0 aliphatic carbocycles. The van der Waals surface area contributed by atoms with Crippen molar-refractivity contribution in [2.24, 2.45) is 0 Å². The number of aromatic nitrogens is 2. The summed E-state index contributed by atoms with van der Waals surface area (Å²) in [7, 11) is -3.74. The number of carbonyl (C=O) groups is 1. The van der Waals surface area contributed by atoms with Gasteiger partial charge in [-0.1, -0.05) is 0 Å². The van der Waals surface area contributed by atoms with Crippen LogP contribution in [0, 0.1) is 13.8 Å². The van der Waals surface area contributed by atoms with Crippen LogP contribution in [0.2, 0.25) is 0 Å². The predicted molar refractivity (Wildman–Crippen MR) is 66.2 cm³/mol. The van der Waals surface area contributed by atoms with Crippen molar-refractivity contribution in [2.45, 2.75) is 31.7 Å². The molecule has 0 saturated heterocycles. The zero-order valence-electron chi connectivity index (χ0n) is 10.8. The van der Waals surface area contributed by atoms with E-state index in [4.69, 9.17) is 10.2 Å². The van der Waals surface area contributed by atoms with Gasteiger partial charge in [-0.15, -0.1) is 0 Å². The van der Waals surface area contributed by atoms with Crippen LogP contribution in [0.5, 0.6) is 0 Å². The first-order valence-corrected chi connectivity index (χ1v) is 7.14. The number of aliphatic carboxylic acids is 1. The highest BCUT2D eigenvalue weighted by molar-refractivity contribution is 7.89. The summed E-state index contributed by atoms with van der Waals surface area (Å²) in [6, 6.07) is 0. The Morgan fingerprint density at radius 1 is 1.42 bits per heavy atom. The third-order valence-electron chi connectivity index (χ3n) is 2.53. The van der Waals surface area contributed by atoms with Crippen molar-refractivity contribution in [3.63, 3.8) is 0 Å². The minimum absolute atomic E-state index is 0.0336. The molecule has 0 aromatic carbocycles. The van der Waals surface area contributed by atoms with Gasteiger partial charge in [-0.2, -0.15) is 5.10 Å². The van der Waals surface area contributed by atoms with Crippen molar-refractivity contribution >= 4 is 16.0 Å². The van der Waals surface area contributed by atoms with E-state index < -0.39 is 16.0 Å². The zero-order valence-corrected chi connectivity index (χ0v) is 11.6. The molecular formula is C10H17N3O5S. The molecular weight excluding hydrogens is 274 g/mol. The maximum absolute atomic E-state index is 12.0. The average Bonchev–Trinajstić information content (AvgIpc) is 2.59. The molecule has 1 aromatic rings. The van der Waals surface area contributed by atoms with Gasteiger partial charge < -0.3 is 10.2 Å². The Morgan fingerprint density at radius 3 is 2.58 bits per heavy atom. The molecule has 0 bridgehead atoms. The second kappa shape index (κ2) is 6.13. The molecule has 108 valence electrons. The van der Waals surface area contributed by atoms with E-state index in [1.807, 2.05) is 0 Å². The number of nitrogens with one attached hydrogen (secondary N) is 1. The molecule has 1 aromatic heterocycles. The lowest BCUT2D eigenvalue weighted by Crippen LogP contribution is -2.27. The summed E-state index contributed by atoms with van der Waals surface area (Å²) in [6.45, 7) is 2.83. The number of sulfonamides is 1. The quantitative estimate of drug-likeness (QED) is 0.607. The lowest BCUT2D eigenvalue weighted by atomic mass is 10.4. The first kappa shape index (κ1) is 15.6. The Bertz CT molecular complexity index is 564. The molecule has 0 atom stereocenters. The highest BCUT2D eigenvalue weighted by Gasteiger charge is 2.24. The number of aliphatic hydroxyl groups excluding tert-OH is 1. The molecule has 1 rings (SSSR count). The third-order valence-corrected chi connectivity index (χ3v) is 4.24. The molecule has 0 amide bonds. The Hall–Kier alpha value is -1.45. The van der Waals surface area contributed by atoms with Crippen molar-refractivity contribution in [3.05, 3.63) is 11.4 Å². The number of hydrogen-bond donors (Lipinski definition) is 3. The summed E-state index contributed by atoms with van der Waals surface area (Å²) in [5, 5.41) is 21.3. The molecule has 19 heavy (non-hydrogen) atoms. The Morgan fingerprint density at radius 2 is 2.05 bits per heavy atom. The highest BCUT2D eigenvalue weighted by atomic mass is 32.2. The van der Waals surface area contributed by atoms with Gasteiger partial charge in [0.05, 0.1) is 31.0 Å². The highest BCUT2D eigenvalue weighted by Crippen LogP contribution is 2.19. The number of carboxylic acids is 1. The van der Waals surface area contributed by atoms with E-state index in [2.05, 4.69) is 9.82 Å². The molecule has 0 spiro atoms. The molecule has 1 heterocycles. The summed E-state index contributed by atoms with van der Waals surface area (Å²) in [5.74, 6) is -0.977. The van der Waals surface area contributed by atoms with Crippen LogP contribution in [0.3, 0.4) is 0 Å². The molecule has 0 unspecified atom stereocenters. The number of nitrogens with zero attached hydrogens (tertiary/aromatic N) is 2. The Labute approximate surface area is 111 Å². The second-order valence-corrected chi connectivity index (χ2v) is 5.69. The fraction of sp³-hybridized carbons (Fsp3) is 0.600. The fourth-order valence-corrected chi connectivity index (χ4v) is 3.17. The van der Waals surface area contributed by atoms with E-state index in [-0.39, 0.29) is 31.0 Å². The topological polar surface area (TPSA) is 122 Å². The van der Waals surface area contributed by atoms with Crippen molar-refractivity contribution in [3.8, 4) is 0 Å². The van der Waals surface area contributed by atoms with E-state index >= 15 is 0 Å². The number of hydrogen-bond acceptors (Lipinski definition) is 5. The molecule has 0 aliphatic rings. The van der Waals surface area contributed by atoms with Crippen LogP contribution in [0.25, 0.3) is 0 Å². The van der Waals surface area contributed by atoms with Gasteiger partial charge in [0.1, 0.15) is 4.90 Å². The molecule has 0 radical (unpaired) electrons. The SMILES string of the molecule is Cc1nn(CCC(=O)O)c(C)c1S(=O)(=O)NCCO. The summed E-state index contributed by atoms with van der Waals surface area (Å²) < 4.78 is 27.6. The normalized spacial score (nSPS) is 11.7. The minimum atomic E-state index is -3.74. The van der Waals surface area contributed by atoms with Crippen molar-refractivity contribution < 1.29 is 23.4 Å². The molecule has 8 nitrogen and oxygen atoms in total. The number of rotatable bonds is 7. The van der Waals surface area contributed by atoms with Crippen LogP contribution in [0.1, 0.15) is 17.8 Å². The Kier molecular flexibility index (Phi) is 5.04.